The molecule has 10 heteroatoms. The summed E-state index contributed by atoms with van der Waals surface area (Å²) in [4.78, 5) is 50.3. The fourth-order valence-electron chi connectivity index (χ4n) is 4.64. The number of hydrogen-bond donors (Lipinski definition) is 5. The molecule has 0 spiro atoms. The second kappa shape index (κ2) is 9.14. The lowest BCUT2D eigenvalue weighted by Crippen LogP contribution is -2.40. The maximum absolute atomic E-state index is 13.3. The largest absolute Gasteiger partial charge is 0.507 e. The maximum atomic E-state index is 13.3. The van der Waals surface area contributed by atoms with E-state index < -0.39 is 17.5 Å². The van der Waals surface area contributed by atoms with Crippen molar-refractivity contribution < 1.29 is 34.1 Å². The van der Waals surface area contributed by atoms with E-state index >= 15 is 0 Å². The third-order valence-electron chi connectivity index (χ3n) is 6.33. The summed E-state index contributed by atoms with van der Waals surface area (Å²) in [6.07, 6.45) is 0.710. The van der Waals surface area contributed by atoms with E-state index in [2.05, 4.69) is 10.6 Å². The molecule has 1 unspecified atom stereocenters. The lowest BCUT2D eigenvalue weighted by molar-refractivity contribution is -0.125. The molecule has 6 N–H and O–H groups in total. The van der Waals surface area contributed by atoms with Gasteiger partial charge in [0.05, 0.1) is 30.3 Å². The van der Waals surface area contributed by atoms with E-state index in [-0.39, 0.29) is 89.4 Å². The molecular weight excluding hydrogens is 442 g/mol. The normalized spacial score (nSPS) is 16.2. The van der Waals surface area contributed by atoms with Gasteiger partial charge in [-0.2, -0.15) is 0 Å². The number of phenolic OH excluding ortho intramolecular Hbond substituents is 2. The highest BCUT2D eigenvalue weighted by Gasteiger charge is 2.41. The standard InChI is InChI=1S/C24H25N3O7/c1-34-15-4-2-3-13-17(15)23(32)19-18(21(13)30)22(31)14-9-11(5-6-12(14)20(19)29)24(33)27-8-7-26-16(28)10-25/h2-4,11,29,31H,5-10,25H2,1H3,(H,26,28)(H,27,33). The van der Waals surface area contributed by atoms with Gasteiger partial charge in [-0.15, -0.1) is 0 Å². The topological polar surface area (TPSA) is 168 Å². The fourth-order valence-corrected chi connectivity index (χ4v) is 4.64. The van der Waals surface area contributed by atoms with Crippen LogP contribution in [0.1, 0.15) is 49.4 Å². The molecule has 34 heavy (non-hydrogen) atoms. The summed E-state index contributed by atoms with van der Waals surface area (Å²) in [5.74, 6) is -2.84. The summed E-state index contributed by atoms with van der Waals surface area (Å²) in [7, 11) is 1.38. The molecule has 2 aliphatic carbocycles. The molecule has 2 amide bonds. The first-order chi connectivity index (χ1) is 16.3. The number of fused-ring (bicyclic) bond motifs is 3. The highest BCUT2D eigenvalue weighted by atomic mass is 16.5. The van der Waals surface area contributed by atoms with Crippen LogP contribution >= 0.6 is 0 Å². The van der Waals surface area contributed by atoms with Crippen LogP contribution in [0.25, 0.3) is 0 Å². The molecule has 0 heterocycles. The second-order valence-corrected chi connectivity index (χ2v) is 8.23. The number of phenols is 2. The Hall–Kier alpha value is -3.92. The average molecular weight is 467 g/mol. The summed E-state index contributed by atoms with van der Waals surface area (Å²) in [5, 5.41) is 27.3. The molecule has 0 radical (unpaired) electrons. The van der Waals surface area contributed by atoms with E-state index in [1.165, 1.54) is 13.2 Å². The Balaban J connectivity index is 1.63. The maximum Gasteiger partial charge on any atom is 0.233 e. The monoisotopic (exact) mass is 467 g/mol. The van der Waals surface area contributed by atoms with Gasteiger partial charge in [0.1, 0.15) is 17.2 Å². The van der Waals surface area contributed by atoms with Crippen molar-refractivity contribution >= 4 is 23.4 Å². The first-order valence-electron chi connectivity index (χ1n) is 10.9. The van der Waals surface area contributed by atoms with Crippen LogP contribution in [0.15, 0.2) is 18.2 Å². The number of amides is 2. The van der Waals surface area contributed by atoms with E-state index in [0.29, 0.717) is 12.0 Å². The number of ketones is 2. The highest BCUT2D eigenvalue weighted by Crippen LogP contribution is 2.47. The minimum atomic E-state index is -0.600. The van der Waals surface area contributed by atoms with Crippen molar-refractivity contribution in [2.45, 2.75) is 19.3 Å². The van der Waals surface area contributed by atoms with Gasteiger partial charge in [0.2, 0.25) is 17.6 Å². The van der Waals surface area contributed by atoms with Crippen LogP contribution in [0.4, 0.5) is 0 Å². The summed E-state index contributed by atoms with van der Waals surface area (Å²) in [5.41, 5.74) is 5.49. The average Bonchev–Trinajstić information content (AvgIpc) is 2.86. The van der Waals surface area contributed by atoms with Crippen molar-refractivity contribution in [2.24, 2.45) is 11.7 Å². The Morgan fingerprint density at radius 3 is 2.41 bits per heavy atom. The van der Waals surface area contributed by atoms with Crippen LogP contribution in [-0.4, -0.2) is 60.3 Å². The lowest BCUT2D eigenvalue weighted by Gasteiger charge is -2.29. The van der Waals surface area contributed by atoms with Gasteiger partial charge < -0.3 is 31.3 Å². The smallest absolute Gasteiger partial charge is 0.233 e. The number of ether oxygens (including phenoxy) is 1. The first-order valence-corrected chi connectivity index (χ1v) is 10.9. The molecule has 4 rings (SSSR count). The molecule has 0 aromatic heterocycles. The van der Waals surface area contributed by atoms with E-state index in [1.807, 2.05) is 0 Å². The van der Waals surface area contributed by atoms with E-state index in [4.69, 9.17) is 10.5 Å². The number of methoxy groups -OCH3 is 1. The molecule has 10 nitrogen and oxygen atoms in total. The summed E-state index contributed by atoms with van der Waals surface area (Å²) >= 11 is 0. The zero-order valence-electron chi connectivity index (χ0n) is 18.6. The van der Waals surface area contributed by atoms with Gasteiger partial charge in [-0.25, -0.2) is 0 Å². The number of nitrogens with one attached hydrogen (secondary N) is 2. The van der Waals surface area contributed by atoms with Crippen LogP contribution in [-0.2, 0) is 22.4 Å². The van der Waals surface area contributed by atoms with Crippen LogP contribution in [0.5, 0.6) is 17.2 Å². The fraction of sp³-hybridized carbons (Fsp3) is 0.333. The van der Waals surface area contributed by atoms with Gasteiger partial charge in [-0.1, -0.05) is 12.1 Å². The minimum Gasteiger partial charge on any atom is -0.507 e. The van der Waals surface area contributed by atoms with Gasteiger partial charge in [0.25, 0.3) is 0 Å². The van der Waals surface area contributed by atoms with Crippen LogP contribution < -0.4 is 21.1 Å². The Bertz CT molecular complexity index is 1220. The van der Waals surface area contributed by atoms with Gasteiger partial charge >= 0.3 is 0 Å². The molecule has 0 aliphatic heterocycles. The van der Waals surface area contributed by atoms with Crippen LogP contribution in [0.3, 0.4) is 0 Å². The zero-order valence-corrected chi connectivity index (χ0v) is 18.6. The number of rotatable bonds is 6. The van der Waals surface area contributed by atoms with Crippen molar-refractivity contribution in [3.63, 3.8) is 0 Å². The van der Waals surface area contributed by atoms with Crippen molar-refractivity contribution in [3.8, 4) is 17.2 Å². The Kier molecular flexibility index (Phi) is 6.25. The predicted octanol–water partition coefficient (Wildman–Crippen LogP) is 0.178. The quantitative estimate of drug-likeness (QED) is 0.253. The molecule has 0 saturated heterocycles. The van der Waals surface area contributed by atoms with Gasteiger partial charge in [0, 0.05) is 35.7 Å². The molecule has 1 atom stereocenters. The van der Waals surface area contributed by atoms with E-state index in [9.17, 15) is 29.4 Å². The highest BCUT2D eigenvalue weighted by molar-refractivity contribution is 6.31. The van der Waals surface area contributed by atoms with Crippen LogP contribution in [0, 0.1) is 5.92 Å². The van der Waals surface area contributed by atoms with Gasteiger partial charge in [0.15, 0.2) is 5.78 Å². The van der Waals surface area contributed by atoms with Crippen molar-refractivity contribution in [2.75, 3.05) is 26.7 Å². The van der Waals surface area contributed by atoms with Gasteiger partial charge in [-0.05, 0) is 25.3 Å². The molecule has 0 saturated carbocycles. The zero-order chi connectivity index (χ0) is 24.6. The van der Waals surface area contributed by atoms with Gasteiger partial charge in [-0.3, -0.25) is 19.2 Å². The molecular formula is C24H25N3O7. The van der Waals surface area contributed by atoms with Crippen molar-refractivity contribution in [3.05, 3.63) is 51.6 Å². The number of carbonyl (C=O) groups excluding carboxylic acids is 4. The summed E-state index contributed by atoms with van der Waals surface area (Å²) in [6.45, 7) is 0.296. The molecule has 2 aromatic rings. The van der Waals surface area contributed by atoms with Crippen LogP contribution in [0.2, 0.25) is 0 Å². The SMILES string of the molecule is COc1cccc2c1C(=O)c1c(O)c3c(c(O)c1C2=O)CC(C(=O)NCCNC(=O)CN)CC3. The predicted molar refractivity (Wildman–Crippen MR) is 120 cm³/mol. The third-order valence-corrected chi connectivity index (χ3v) is 6.33. The Labute approximate surface area is 195 Å². The van der Waals surface area contributed by atoms with Crippen molar-refractivity contribution in [1.82, 2.24) is 10.6 Å². The second-order valence-electron chi connectivity index (χ2n) is 8.23. The lowest BCUT2D eigenvalue weighted by atomic mass is 9.75. The minimum absolute atomic E-state index is 0.0481. The van der Waals surface area contributed by atoms with Crippen molar-refractivity contribution in [1.29, 1.82) is 0 Å². The summed E-state index contributed by atoms with van der Waals surface area (Å²) in [6, 6.07) is 4.59. The molecule has 0 bridgehead atoms. The molecule has 178 valence electrons. The molecule has 2 aromatic carbocycles. The number of benzene rings is 2. The van der Waals surface area contributed by atoms with E-state index in [0.717, 1.165) is 0 Å². The number of hydrogen-bond acceptors (Lipinski definition) is 8. The summed E-state index contributed by atoms with van der Waals surface area (Å²) < 4.78 is 5.24. The Morgan fingerprint density at radius 2 is 1.71 bits per heavy atom. The molecule has 0 fully saturated rings. The third kappa shape index (κ3) is 3.75. The first kappa shape index (κ1) is 23.2. The number of carbonyl (C=O) groups is 4. The Morgan fingerprint density at radius 1 is 1.03 bits per heavy atom. The number of nitrogens with two attached hydrogens (primary N) is 1. The molecule has 2 aliphatic rings. The van der Waals surface area contributed by atoms with E-state index in [1.54, 1.807) is 12.1 Å². The number of aromatic hydroxyl groups is 2.